The van der Waals surface area contributed by atoms with Gasteiger partial charge in [0.2, 0.25) is 0 Å². The first-order chi connectivity index (χ1) is 9.19. The molecular weight excluding hydrogens is 260 g/mol. The molecule has 94 valence electrons. The van der Waals surface area contributed by atoms with Crippen LogP contribution < -0.4 is 0 Å². The molecule has 0 unspecified atom stereocenters. The Kier molecular flexibility index (Phi) is 2.84. The van der Waals surface area contributed by atoms with Gasteiger partial charge in [0, 0.05) is 18.2 Å². The minimum atomic E-state index is 0.652. The summed E-state index contributed by atoms with van der Waals surface area (Å²) in [5.74, 6) is 0. The number of aromatic nitrogens is 2. The number of rotatable bonds is 2. The molecule has 0 saturated heterocycles. The molecular formula is C15H11ClN2O. The van der Waals surface area contributed by atoms with Crippen LogP contribution in [0.3, 0.4) is 0 Å². The van der Waals surface area contributed by atoms with Gasteiger partial charge in [0.25, 0.3) is 0 Å². The highest BCUT2D eigenvalue weighted by Crippen LogP contribution is 2.31. The number of fused-ring (bicyclic) bond motifs is 1. The fraction of sp³-hybridized carbons (Fsp3) is 0.0667. The van der Waals surface area contributed by atoms with E-state index in [1.165, 1.54) is 0 Å². The maximum absolute atomic E-state index is 10.7. The molecule has 1 heterocycles. The van der Waals surface area contributed by atoms with Gasteiger partial charge in [-0.2, -0.15) is 0 Å². The van der Waals surface area contributed by atoms with Crippen LogP contribution in [0, 0.1) is 0 Å². The van der Waals surface area contributed by atoms with Crippen LogP contribution in [0.15, 0.2) is 42.7 Å². The molecule has 0 fully saturated rings. The molecule has 3 aromatic rings. The lowest BCUT2D eigenvalue weighted by Gasteiger charge is -2.06. The summed E-state index contributed by atoms with van der Waals surface area (Å²) in [6, 6.07) is 11.2. The molecule has 0 N–H and O–H groups in total. The molecule has 3 nitrogen and oxygen atoms in total. The van der Waals surface area contributed by atoms with Crippen LogP contribution in [0.25, 0.3) is 22.2 Å². The predicted octanol–water partition coefficient (Wildman–Crippen LogP) is 3.71. The molecule has 0 atom stereocenters. The first kappa shape index (κ1) is 11.9. The average molecular weight is 271 g/mol. The highest BCUT2D eigenvalue weighted by Gasteiger charge is 2.08. The van der Waals surface area contributed by atoms with Gasteiger partial charge in [0.05, 0.1) is 22.4 Å². The third-order valence-electron chi connectivity index (χ3n) is 3.17. The Morgan fingerprint density at radius 1 is 1.21 bits per heavy atom. The van der Waals surface area contributed by atoms with E-state index in [0.29, 0.717) is 10.6 Å². The number of benzene rings is 2. The largest absolute Gasteiger partial charge is 0.334 e. The van der Waals surface area contributed by atoms with Crippen LogP contribution in [-0.4, -0.2) is 15.8 Å². The summed E-state index contributed by atoms with van der Waals surface area (Å²) in [6.45, 7) is 0. The fourth-order valence-electron chi connectivity index (χ4n) is 2.11. The molecule has 0 saturated carbocycles. The molecule has 1 aromatic heterocycles. The van der Waals surface area contributed by atoms with Crippen LogP contribution in [0.5, 0.6) is 0 Å². The second kappa shape index (κ2) is 4.52. The van der Waals surface area contributed by atoms with E-state index >= 15 is 0 Å². The molecule has 4 heteroatoms. The summed E-state index contributed by atoms with van der Waals surface area (Å²) >= 11 is 6.33. The van der Waals surface area contributed by atoms with Gasteiger partial charge in [-0.15, -0.1) is 0 Å². The Labute approximate surface area is 115 Å². The van der Waals surface area contributed by atoms with Gasteiger partial charge >= 0.3 is 0 Å². The van der Waals surface area contributed by atoms with Crippen molar-refractivity contribution >= 4 is 28.9 Å². The Balaban J connectivity index is 2.17. The quantitative estimate of drug-likeness (QED) is 0.666. The highest BCUT2D eigenvalue weighted by atomic mass is 35.5. The lowest BCUT2D eigenvalue weighted by molar-refractivity contribution is 0.112. The summed E-state index contributed by atoms with van der Waals surface area (Å²) in [7, 11) is 1.93. The maximum Gasteiger partial charge on any atom is 0.150 e. The topological polar surface area (TPSA) is 34.9 Å². The van der Waals surface area contributed by atoms with Crippen molar-refractivity contribution in [3.8, 4) is 11.1 Å². The van der Waals surface area contributed by atoms with Crippen LogP contribution in [0.1, 0.15) is 10.4 Å². The molecule has 2 aromatic carbocycles. The van der Waals surface area contributed by atoms with Crippen LogP contribution in [-0.2, 0) is 7.05 Å². The fourth-order valence-corrected chi connectivity index (χ4v) is 2.38. The van der Waals surface area contributed by atoms with E-state index in [1.54, 1.807) is 18.5 Å². The zero-order valence-electron chi connectivity index (χ0n) is 10.3. The molecule has 3 rings (SSSR count). The Morgan fingerprint density at radius 2 is 1.95 bits per heavy atom. The Hall–Kier alpha value is -2.13. The maximum atomic E-state index is 10.7. The van der Waals surface area contributed by atoms with Gasteiger partial charge in [-0.1, -0.05) is 35.9 Å². The highest BCUT2D eigenvalue weighted by molar-refractivity contribution is 6.34. The van der Waals surface area contributed by atoms with Crippen LogP contribution >= 0.6 is 11.6 Å². The molecule has 19 heavy (non-hydrogen) atoms. The number of halogens is 1. The first-order valence-corrected chi connectivity index (χ1v) is 6.23. The number of aryl methyl sites for hydroxylation is 1. The van der Waals surface area contributed by atoms with E-state index < -0.39 is 0 Å². The number of hydrogen-bond acceptors (Lipinski definition) is 2. The molecule has 0 aliphatic heterocycles. The molecule has 0 bridgehead atoms. The zero-order valence-corrected chi connectivity index (χ0v) is 11.1. The second-order valence-corrected chi connectivity index (χ2v) is 4.82. The lowest BCUT2D eigenvalue weighted by atomic mass is 10.0. The average Bonchev–Trinajstić information content (AvgIpc) is 2.79. The number of hydrogen-bond donors (Lipinski definition) is 0. The van der Waals surface area contributed by atoms with E-state index in [-0.39, 0.29) is 0 Å². The van der Waals surface area contributed by atoms with E-state index in [0.717, 1.165) is 28.4 Å². The van der Waals surface area contributed by atoms with Gasteiger partial charge in [-0.05, 0) is 17.7 Å². The van der Waals surface area contributed by atoms with Crippen molar-refractivity contribution in [1.29, 1.82) is 0 Å². The number of aldehydes is 1. The SMILES string of the molecule is Cn1cnc2cc(-c3ccc(C=O)cc3)c(Cl)cc21. The van der Waals surface area contributed by atoms with Crippen molar-refractivity contribution in [2.45, 2.75) is 0 Å². The lowest BCUT2D eigenvalue weighted by Crippen LogP contribution is -1.86. The van der Waals surface area contributed by atoms with Gasteiger partial charge in [-0.3, -0.25) is 4.79 Å². The predicted molar refractivity (Wildman–Crippen MR) is 76.5 cm³/mol. The molecule has 0 aliphatic rings. The standard InChI is InChI=1S/C15H11ClN2O/c1-18-9-17-14-6-12(13(16)7-15(14)18)11-4-2-10(8-19)3-5-11/h2-9H,1H3. The normalized spacial score (nSPS) is 10.8. The van der Waals surface area contributed by atoms with Gasteiger partial charge < -0.3 is 4.57 Å². The second-order valence-electron chi connectivity index (χ2n) is 4.42. The number of imidazole rings is 1. The summed E-state index contributed by atoms with van der Waals surface area (Å²) in [5.41, 5.74) is 4.45. The van der Waals surface area contributed by atoms with Crippen molar-refractivity contribution in [3.05, 3.63) is 53.3 Å². The summed E-state index contributed by atoms with van der Waals surface area (Å²) in [4.78, 5) is 15.0. The van der Waals surface area contributed by atoms with Crippen molar-refractivity contribution in [2.75, 3.05) is 0 Å². The van der Waals surface area contributed by atoms with Crippen molar-refractivity contribution < 1.29 is 4.79 Å². The molecule has 0 spiro atoms. The number of carbonyl (C=O) groups excluding carboxylic acids is 1. The number of carbonyl (C=O) groups is 1. The minimum absolute atomic E-state index is 0.652. The summed E-state index contributed by atoms with van der Waals surface area (Å²) in [6.07, 6.45) is 2.59. The molecule has 0 aliphatic carbocycles. The third-order valence-corrected chi connectivity index (χ3v) is 3.48. The smallest absolute Gasteiger partial charge is 0.150 e. The third kappa shape index (κ3) is 2.02. The van der Waals surface area contributed by atoms with Crippen molar-refractivity contribution in [1.82, 2.24) is 9.55 Å². The summed E-state index contributed by atoms with van der Waals surface area (Å²) < 4.78 is 1.93. The van der Waals surface area contributed by atoms with Gasteiger partial charge in [0.15, 0.2) is 0 Å². The van der Waals surface area contributed by atoms with Gasteiger partial charge in [0.1, 0.15) is 6.29 Å². The molecule has 0 amide bonds. The van der Waals surface area contributed by atoms with E-state index in [9.17, 15) is 4.79 Å². The van der Waals surface area contributed by atoms with Crippen LogP contribution in [0.4, 0.5) is 0 Å². The first-order valence-electron chi connectivity index (χ1n) is 5.85. The number of nitrogens with zero attached hydrogens (tertiary/aromatic N) is 2. The van der Waals surface area contributed by atoms with Crippen molar-refractivity contribution in [3.63, 3.8) is 0 Å². The van der Waals surface area contributed by atoms with E-state index in [2.05, 4.69) is 4.98 Å². The van der Waals surface area contributed by atoms with Gasteiger partial charge in [-0.25, -0.2) is 4.98 Å². The van der Waals surface area contributed by atoms with Crippen molar-refractivity contribution in [2.24, 2.45) is 7.05 Å². The van der Waals surface area contributed by atoms with E-state index in [4.69, 9.17) is 11.6 Å². The van der Waals surface area contributed by atoms with E-state index in [1.807, 2.05) is 35.9 Å². The zero-order chi connectivity index (χ0) is 13.4. The Bertz CT molecular complexity index is 760. The molecule has 0 radical (unpaired) electrons. The monoisotopic (exact) mass is 270 g/mol. The Morgan fingerprint density at radius 3 is 2.63 bits per heavy atom. The minimum Gasteiger partial charge on any atom is -0.334 e. The van der Waals surface area contributed by atoms with Crippen LogP contribution in [0.2, 0.25) is 5.02 Å². The summed E-state index contributed by atoms with van der Waals surface area (Å²) in [5, 5.41) is 0.676.